The molecule has 1 amide bonds. The molecular formula is C14H20ClNO2. The van der Waals surface area contributed by atoms with E-state index in [2.05, 4.69) is 12.2 Å². The van der Waals surface area contributed by atoms with Crippen LogP contribution in [0.1, 0.15) is 36.5 Å². The summed E-state index contributed by atoms with van der Waals surface area (Å²) in [4.78, 5) is 11.9. The Kier molecular flexibility index (Phi) is 6.76. The molecule has 3 nitrogen and oxygen atoms in total. The number of carbonyl (C=O) groups excluding carboxylic acids is 1. The lowest BCUT2D eigenvalue weighted by Gasteiger charge is -2.15. The highest BCUT2D eigenvalue weighted by Gasteiger charge is 2.10. The average Bonchev–Trinajstić information content (AvgIpc) is 2.36. The molecule has 4 heteroatoms. The highest BCUT2D eigenvalue weighted by Crippen LogP contribution is 2.12. The number of benzene rings is 1. The van der Waals surface area contributed by atoms with Crippen molar-refractivity contribution in [2.24, 2.45) is 5.92 Å². The summed E-state index contributed by atoms with van der Waals surface area (Å²) < 4.78 is 0. The zero-order valence-electron chi connectivity index (χ0n) is 10.7. The van der Waals surface area contributed by atoms with Gasteiger partial charge in [0.2, 0.25) is 0 Å². The Hall–Kier alpha value is -1.06. The van der Waals surface area contributed by atoms with E-state index in [9.17, 15) is 4.79 Å². The molecule has 0 bridgehead atoms. The maximum atomic E-state index is 11.9. The number of amides is 1. The van der Waals surface area contributed by atoms with Crippen LogP contribution in [0.2, 0.25) is 5.02 Å². The Morgan fingerprint density at radius 1 is 1.44 bits per heavy atom. The summed E-state index contributed by atoms with van der Waals surface area (Å²) in [6, 6.07) is 6.89. The molecular weight excluding hydrogens is 250 g/mol. The molecule has 0 aliphatic rings. The van der Waals surface area contributed by atoms with Crippen LogP contribution in [0.15, 0.2) is 24.3 Å². The number of hydrogen-bond donors (Lipinski definition) is 2. The molecule has 1 aromatic rings. The van der Waals surface area contributed by atoms with Crippen LogP contribution in [0.4, 0.5) is 0 Å². The molecule has 0 saturated carbocycles. The van der Waals surface area contributed by atoms with Gasteiger partial charge in [-0.3, -0.25) is 4.79 Å². The molecule has 0 aliphatic heterocycles. The van der Waals surface area contributed by atoms with Crippen molar-refractivity contribution in [2.75, 3.05) is 13.2 Å². The zero-order chi connectivity index (χ0) is 13.4. The first kappa shape index (κ1) is 15.0. The lowest BCUT2D eigenvalue weighted by Crippen LogP contribution is -2.29. The van der Waals surface area contributed by atoms with E-state index in [0.29, 0.717) is 23.0 Å². The number of aliphatic hydroxyl groups is 1. The van der Waals surface area contributed by atoms with Crippen molar-refractivity contribution in [1.29, 1.82) is 0 Å². The lowest BCUT2D eigenvalue weighted by atomic mass is 10.00. The summed E-state index contributed by atoms with van der Waals surface area (Å²) in [6.45, 7) is 2.86. The second-order valence-electron chi connectivity index (χ2n) is 4.39. The van der Waals surface area contributed by atoms with Gasteiger partial charge in [-0.15, -0.1) is 0 Å². The lowest BCUT2D eigenvalue weighted by molar-refractivity contribution is 0.0943. The number of rotatable bonds is 7. The maximum Gasteiger partial charge on any atom is 0.251 e. The van der Waals surface area contributed by atoms with Crippen LogP contribution in [0, 0.1) is 5.92 Å². The van der Waals surface area contributed by atoms with Crippen molar-refractivity contribution in [2.45, 2.75) is 26.2 Å². The summed E-state index contributed by atoms with van der Waals surface area (Å²) in [5.41, 5.74) is 0.571. The topological polar surface area (TPSA) is 49.3 Å². The van der Waals surface area contributed by atoms with Gasteiger partial charge in [-0.05, 0) is 37.0 Å². The van der Waals surface area contributed by atoms with Gasteiger partial charge < -0.3 is 10.4 Å². The molecule has 0 aliphatic carbocycles. The molecule has 0 spiro atoms. The van der Waals surface area contributed by atoms with E-state index >= 15 is 0 Å². The molecule has 0 fully saturated rings. The second kappa shape index (κ2) is 8.11. The minimum absolute atomic E-state index is 0.114. The highest BCUT2D eigenvalue weighted by molar-refractivity contribution is 6.30. The summed E-state index contributed by atoms with van der Waals surface area (Å²) in [6.07, 6.45) is 2.79. The Bertz CT molecular complexity index is 376. The maximum absolute atomic E-state index is 11.9. The molecule has 0 heterocycles. The summed E-state index contributed by atoms with van der Waals surface area (Å²) >= 11 is 5.84. The standard InChI is InChI=1S/C14H20ClNO2/c1-2-4-11(7-8-17)10-16-14(18)12-5-3-6-13(15)9-12/h3,5-6,9,11,17H,2,4,7-8,10H2,1H3,(H,16,18). The quantitative estimate of drug-likeness (QED) is 0.800. The van der Waals surface area contributed by atoms with Gasteiger partial charge in [0.1, 0.15) is 0 Å². The van der Waals surface area contributed by atoms with E-state index in [1.807, 2.05) is 0 Å². The first-order valence-electron chi connectivity index (χ1n) is 6.32. The smallest absolute Gasteiger partial charge is 0.251 e. The summed E-state index contributed by atoms with van der Waals surface area (Å²) in [5.74, 6) is 0.222. The highest BCUT2D eigenvalue weighted by atomic mass is 35.5. The van der Waals surface area contributed by atoms with E-state index in [1.165, 1.54) is 0 Å². The molecule has 18 heavy (non-hydrogen) atoms. The third-order valence-electron chi connectivity index (χ3n) is 2.87. The molecule has 0 radical (unpaired) electrons. The van der Waals surface area contributed by atoms with Gasteiger partial charge in [0.15, 0.2) is 0 Å². The normalized spacial score (nSPS) is 12.2. The zero-order valence-corrected chi connectivity index (χ0v) is 11.4. The number of hydrogen-bond acceptors (Lipinski definition) is 2. The van der Waals surface area contributed by atoms with E-state index in [0.717, 1.165) is 19.3 Å². The molecule has 1 unspecified atom stereocenters. The van der Waals surface area contributed by atoms with Gasteiger partial charge in [0, 0.05) is 23.7 Å². The first-order valence-corrected chi connectivity index (χ1v) is 6.69. The minimum Gasteiger partial charge on any atom is -0.396 e. The van der Waals surface area contributed by atoms with Crippen molar-refractivity contribution in [3.05, 3.63) is 34.9 Å². The van der Waals surface area contributed by atoms with Gasteiger partial charge in [-0.1, -0.05) is 31.0 Å². The van der Waals surface area contributed by atoms with Crippen LogP contribution in [0.5, 0.6) is 0 Å². The fourth-order valence-corrected chi connectivity index (χ4v) is 2.10. The van der Waals surface area contributed by atoms with Crippen LogP contribution in [-0.4, -0.2) is 24.2 Å². The van der Waals surface area contributed by atoms with E-state index < -0.39 is 0 Å². The van der Waals surface area contributed by atoms with Gasteiger partial charge >= 0.3 is 0 Å². The van der Waals surface area contributed by atoms with Crippen LogP contribution in [0.25, 0.3) is 0 Å². The van der Waals surface area contributed by atoms with Crippen LogP contribution in [-0.2, 0) is 0 Å². The fraction of sp³-hybridized carbons (Fsp3) is 0.500. The first-order chi connectivity index (χ1) is 8.67. The van der Waals surface area contributed by atoms with Crippen molar-refractivity contribution in [3.63, 3.8) is 0 Å². The van der Waals surface area contributed by atoms with Gasteiger partial charge in [0.25, 0.3) is 5.91 Å². The number of nitrogens with one attached hydrogen (secondary N) is 1. The third-order valence-corrected chi connectivity index (χ3v) is 3.11. The Labute approximate surface area is 113 Å². The molecule has 1 rings (SSSR count). The number of carbonyl (C=O) groups is 1. The number of halogens is 1. The van der Waals surface area contributed by atoms with Crippen molar-refractivity contribution in [3.8, 4) is 0 Å². The molecule has 2 N–H and O–H groups in total. The second-order valence-corrected chi connectivity index (χ2v) is 4.82. The molecule has 1 aromatic carbocycles. The predicted octanol–water partition coefficient (Wildman–Crippen LogP) is 2.87. The van der Waals surface area contributed by atoms with Crippen molar-refractivity contribution < 1.29 is 9.90 Å². The third kappa shape index (κ3) is 5.07. The number of aliphatic hydroxyl groups excluding tert-OH is 1. The molecule has 100 valence electrons. The summed E-state index contributed by atoms with van der Waals surface area (Å²) in [5, 5.41) is 12.4. The summed E-state index contributed by atoms with van der Waals surface area (Å²) in [7, 11) is 0. The van der Waals surface area contributed by atoms with Crippen LogP contribution in [0.3, 0.4) is 0 Å². The van der Waals surface area contributed by atoms with E-state index in [4.69, 9.17) is 16.7 Å². The SMILES string of the molecule is CCCC(CCO)CNC(=O)c1cccc(Cl)c1. The monoisotopic (exact) mass is 269 g/mol. The van der Waals surface area contributed by atoms with E-state index in [-0.39, 0.29) is 12.5 Å². The Morgan fingerprint density at radius 2 is 2.22 bits per heavy atom. The largest absolute Gasteiger partial charge is 0.396 e. The van der Waals surface area contributed by atoms with Crippen LogP contribution < -0.4 is 5.32 Å². The Balaban J connectivity index is 2.49. The predicted molar refractivity (Wildman–Crippen MR) is 73.9 cm³/mol. The molecule has 0 aromatic heterocycles. The average molecular weight is 270 g/mol. The van der Waals surface area contributed by atoms with Gasteiger partial charge in [-0.2, -0.15) is 0 Å². The van der Waals surface area contributed by atoms with E-state index in [1.54, 1.807) is 24.3 Å². The Morgan fingerprint density at radius 3 is 2.83 bits per heavy atom. The van der Waals surface area contributed by atoms with Crippen molar-refractivity contribution >= 4 is 17.5 Å². The molecule has 0 saturated heterocycles. The van der Waals surface area contributed by atoms with Gasteiger partial charge in [-0.25, -0.2) is 0 Å². The van der Waals surface area contributed by atoms with Crippen molar-refractivity contribution in [1.82, 2.24) is 5.32 Å². The van der Waals surface area contributed by atoms with Crippen LogP contribution >= 0.6 is 11.6 Å². The fourth-order valence-electron chi connectivity index (χ4n) is 1.91. The molecule has 1 atom stereocenters. The van der Waals surface area contributed by atoms with Gasteiger partial charge in [0.05, 0.1) is 0 Å². The minimum atomic E-state index is -0.114.